The molecule has 0 bridgehead atoms. The van der Waals surface area contributed by atoms with E-state index in [-0.39, 0.29) is 6.61 Å². The molecule has 0 spiro atoms. The van der Waals surface area contributed by atoms with Crippen LogP contribution >= 0.6 is 0 Å². The van der Waals surface area contributed by atoms with Gasteiger partial charge < -0.3 is 45.4 Å². The van der Waals surface area contributed by atoms with Gasteiger partial charge in [-0.25, -0.2) is 0 Å². The summed E-state index contributed by atoms with van der Waals surface area (Å²) in [4.78, 5) is 13.1. The van der Waals surface area contributed by atoms with E-state index in [9.17, 15) is 35.4 Å². The van der Waals surface area contributed by atoms with Gasteiger partial charge in [0.05, 0.1) is 25.4 Å². The monoisotopic (exact) mass is 938 g/mol. The lowest BCUT2D eigenvalue weighted by atomic mass is 9.99. The molecular weight excluding hydrogens is 831 g/mol. The second kappa shape index (κ2) is 46.0. The molecule has 1 aliphatic rings. The molecule has 0 aromatic heterocycles. The van der Waals surface area contributed by atoms with Crippen LogP contribution in [-0.4, -0.2) is 98.7 Å². The highest BCUT2D eigenvalue weighted by Crippen LogP contribution is 2.23. The molecule has 10 nitrogen and oxygen atoms in total. The Kier molecular flexibility index (Phi) is 43.7. The van der Waals surface area contributed by atoms with Crippen LogP contribution in [0.2, 0.25) is 0 Å². The maximum Gasteiger partial charge on any atom is 0.249 e. The van der Waals surface area contributed by atoms with Crippen LogP contribution in [0.15, 0.2) is 24.3 Å². The normalized spacial score (nSPS) is 20.4. The summed E-state index contributed by atoms with van der Waals surface area (Å²) >= 11 is 0. The van der Waals surface area contributed by atoms with Crippen molar-refractivity contribution in [1.82, 2.24) is 5.32 Å². The van der Waals surface area contributed by atoms with Crippen molar-refractivity contribution in [2.24, 2.45) is 0 Å². The summed E-state index contributed by atoms with van der Waals surface area (Å²) in [5.41, 5.74) is 0. The summed E-state index contributed by atoms with van der Waals surface area (Å²) in [5, 5.41) is 65.2. The average Bonchev–Trinajstić information content (AvgIpc) is 3.32. The molecule has 8 atom stereocenters. The molecule has 1 heterocycles. The van der Waals surface area contributed by atoms with Crippen molar-refractivity contribution < 1.29 is 44.9 Å². The van der Waals surface area contributed by atoms with E-state index in [0.29, 0.717) is 12.8 Å². The van der Waals surface area contributed by atoms with E-state index in [1.165, 1.54) is 173 Å². The number of ether oxygens (including phenoxy) is 2. The van der Waals surface area contributed by atoms with E-state index in [1.54, 1.807) is 0 Å². The van der Waals surface area contributed by atoms with Crippen LogP contribution in [0.25, 0.3) is 0 Å². The van der Waals surface area contributed by atoms with E-state index in [2.05, 4.69) is 43.5 Å². The van der Waals surface area contributed by atoms with Gasteiger partial charge in [0.1, 0.15) is 30.5 Å². The number of hydrogen-bond donors (Lipinski definition) is 7. The number of allylic oxidation sites excluding steroid dienone is 4. The molecule has 0 aromatic rings. The fourth-order valence-corrected chi connectivity index (χ4v) is 9.08. The number of nitrogens with one attached hydrogen (secondary N) is 1. The van der Waals surface area contributed by atoms with Gasteiger partial charge in [-0.15, -0.1) is 0 Å². The van der Waals surface area contributed by atoms with Crippen molar-refractivity contribution in [3.63, 3.8) is 0 Å². The molecule has 7 N–H and O–H groups in total. The van der Waals surface area contributed by atoms with Gasteiger partial charge in [-0.2, -0.15) is 0 Å². The number of carbonyl (C=O) groups is 1. The molecule has 0 saturated carbocycles. The van der Waals surface area contributed by atoms with Gasteiger partial charge in [0.15, 0.2) is 6.29 Å². The van der Waals surface area contributed by atoms with Crippen LogP contribution in [0.4, 0.5) is 0 Å². The molecule has 1 fully saturated rings. The quantitative estimate of drug-likeness (QED) is 0.0232. The summed E-state index contributed by atoms with van der Waals surface area (Å²) in [7, 11) is 0. The minimum absolute atomic E-state index is 0.256. The third kappa shape index (κ3) is 34.8. The van der Waals surface area contributed by atoms with Crippen LogP contribution in [0.1, 0.15) is 264 Å². The van der Waals surface area contributed by atoms with Gasteiger partial charge >= 0.3 is 0 Å². The fraction of sp³-hybridized carbons (Fsp3) is 0.911. The number of aliphatic hydroxyl groups is 6. The predicted octanol–water partition coefficient (Wildman–Crippen LogP) is 12.4. The third-order valence-corrected chi connectivity index (χ3v) is 13.7. The van der Waals surface area contributed by atoms with Gasteiger partial charge in [-0.1, -0.05) is 244 Å². The van der Waals surface area contributed by atoms with Gasteiger partial charge in [-0.05, 0) is 44.9 Å². The lowest BCUT2D eigenvalue weighted by Gasteiger charge is -2.40. The second-order valence-electron chi connectivity index (χ2n) is 19.9. The lowest BCUT2D eigenvalue weighted by Crippen LogP contribution is -2.60. The number of unbranched alkanes of at least 4 members (excludes halogenated alkanes) is 33. The molecule has 0 radical (unpaired) electrons. The number of carbonyl (C=O) groups excluding carboxylic acids is 1. The average molecular weight is 938 g/mol. The first-order valence-corrected chi connectivity index (χ1v) is 28.1. The Labute approximate surface area is 405 Å². The fourth-order valence-electron chi connectivity index (χ4n) is 9.08. The molecular formula is C56H107NO9. The standard InChI is InChI=1S/C56H107NO9/c1-3-5-7-9-11-13-15-17-19-21-22-23-24-25-26-27-29-31-33-35-37-39-41-43-45-50(60)55(64)57-48(47-65-56-54(63)53(62)52(61)51(46-58)66-56)49(59)44-42-40-38-36-34-32-30-28-20-18-16-14-12-10-8-6-4-2/h22-23,25-26,48-54,56,58-63H,3-21,24,27-47H2,1-2H3,(H,57,64)/b23-22-,26-25-. The molecule has 10 heteroatoms. The maximum absolute atomic E-state index is 13.1. The molecule has 0 aliphatic carbocycles. The highest BCUT2D eigenvalue weighted by atomic mass is 16.7. The van der Waals surface area contributed by atoms with Crippen LogP contribution in [0.3, 0.4) is 0 Å². The van der Waals surface area contributed by atoms with E-state index in [0.717, 1.165) is 64.2 Å². The zero-order valence-electron chi connectivity index (χ0n) is 42.8. The van der Waals surface area contributed by atoms with Crippen LogP contribution < -0.4 is 5.32 Å². The summed E-state index contributed by atoms with van der Waals surface area (Å²) in [5.74, 6) is -0.585. The lowest BCUT2D eigenvalue weighted by molar-refractivity contribution is -0.302. The van der Waals surface area contributed by atoms with Crippen LogP contribution in [-0.2, 0) is 14.3 Å². The Balaban J connectivity index is 2.27. The number of aliphatic hydroxyl groups excluding tert-OH is 6. The summed E-state index contributed by atoms with van der Waals surface area (Å²) < 4.78 is 11.2. The smallest absolute Gasteiger partial charge is 0.249 e. The van der Waals surface area contributed by atoms with E-state index >= 15 is 0 Å². The highest BCUT2D eigenvalue weighted by molar-refractivity contribution is 5.80. The third-order valence-electron chi connectivity index (χ3n) is 13.7. The summed E-state index contributed by atoms with van der Waals surface area (Å²) in [6.07, 6.45) is 46.6. The molecule has 1 rings (SSSR count). The first-order chi connectivity index (χ1) is 32.3. The molecule has 1 saturated heterocycles. The van der Waals surface area contributed by atoms with E-state index in [4.69, 9.17) is 9.47 Å². The van der Waals surface area contributed by atoms with Crippen molar-refractivity contribution in [1.29, 1.82) is 0 Å². The van der Waals surface area contributed by atoms with Gasteiger partial charge in [0.2, 0.25) is 5.91 Å². The minimum Gasteiger partial charge on any atom is -0.394 e. The summed E-state index contributed by atoms with van der Waals surface area (Å²) in [6, 6.07) is -0.896. The molecule has 0 aromatic carbocycles. The SMILES string of the molecule is CCCCCCCCCCC/C=C\C/C=C\CCCCCCCCCCC(O)C(=O)NC(COC1OC(CO)C(O)C(O)C1O)C(O)CCCCCCCCCCCCCCCCCCC. The van der Waals surface area contributed by atoms with Crippen molar-refractivity contribution in [2.75, 3.05) is 13.2 Å². The molecule has 8 unspecified atom stereocenters. The van der Waals surface area contributed by atoms with Crippen molar-refractivity contribution >= 4 is 5.91 Å². The van der Waals surface area contributed by atoms with Gasteiger partial charge in [0.25, 0.3) is 0 Å². The number of amides is 1. The molecule has 1 amide bonds. The topological polar surface area (TPSA) is 169 Å². The summed E-state index contributed by atoms with van der Waals surface area (Å²) in [6.45, 7) is 3.70. The minimum atomic E-state index is -1.60. The molecule has 1 aliphatic heterocycles. The Morgan fingerprint density at radius 2 is 0.894 bits per heavy atom. The largest absolute Gasteiger partial charge is 0.394 e. The zero-order valence-corrected chi connectivity index (χ0v) is 42.8. The van der Waals surface area contributed by atoms with Gasteiger partial charge in [0, 0.05) is 0 Å². The number of rotatable bonds is 48. The van der Waals surface area contributed by atoms with Crippen molar-refractivity contribution in [3.8, 4) is 0 Å². The Hall–Kier alpha value is -1.37. The van der Waals surface area contributed by atoms with Crippen LogP contribution in [0.5, 0.6) is 0 Å². The molecule has 66 heavy (non-hydrogen) atoms. The molecule has 390 valence electrons. The first kappa shape index (κ1) is 62.6. The maximum atomic E-state index is 13.1. The van der Waals surface area contributed by atoms with E-state index in [1.807, 2.05) is 0 Å². The highest BCUT2D eigenvalue weighted by Gasteiger charge is 2.44. The first-order valence-electron chi connectivity index (χ1n) is 28.1. The van der Waals surface area contributed by atoms with E-state index < -0.39 is 61.5 Å². The van der Waals surface area contributed by atoms with Gasteiger partial charge in [-0.3, -0.25) is 4.79 Å². The van der Waals surface area contributed by atoms with Crippen molar-refractivity contribution in [3.05, 3.63) is 24.3 Å². The Morgan fingerprint density at radius 1 is 0.515 bits per heavy atom. The zero-order chi connectivity index (χ0) is 48.1. The van der Waals surface area contributed by atoms with Crippen molar-refractivity contribution in [2.45, 2.75) is 313 Å². The Morgan fingerprint density at radius 3 is 1.30 bits per heavy atom. The predicted molar refractivity (Wildman–Crippen MR) is 273 cm³/mol. The number of hydrogen-bond acceptors (Lipinski definition) is 9. The van der Waals surface area contributed by atoms with Crippen LogP contribution in [0, 0.1) is 0 Å². The second-order valence-corrected chi connectivity index (χ2v) is 19.9. The Bertz CT molecular complexity index is 1110.